The first kappa shape index (κ1) is 13.4. The standard InChI is InChI=1S/C14H20F2N2/c1-2-17-9-12-4-3-7-18(12)10-11-5-6-13(15)14(16)8-11/h5-6,8,12,17H,2-4,7,9-10H2,1H3. The Balaban J connectivity index is 1.96. The second kappa shape index (κ2) is 6.25. The number of likely N-dealkylation sites (N-methyl/N-ethyl adjacent to an activating group) is 1. The van der Waals surface area contributed by atoms with Crippen molar-refractivity contribution in [3.63, 3.8) is 0 Å². The predicted octanol–water partition coefficient (Wildman–Crippen LogP) is 2.54. The molecule has 1 atom stereocenters. The highest BCUT2D eigenvalue weighted by atomic mass is 19.2. The van der Waals surface area contributed by atoms with Gasteiger partial charge in [0.1, 0.15) is 0 Å². The van der Waals surface area contributed by atoms with E-state index in [-0.39, 0.29) is 0 Å². The lowest BCUT2D eigenvalue weighted by atomic mass is 10.1. The zero-order chi connectivity index (χ0) is 13.0. The van der Waals surface area contributed by atoms with E-state index < -0.39 is 11.6 Å². The highest BCUT2D eigenvalue weighted by molar-refractivity contribution is 5.18. The molecule has 0 aromatic heterocycles. The first-order valence-corrected chi connectivity index (χ1v) is 6.59. The van der Waals surface area contributed by atoms with Crippen molar-refractivity contribution in [3.8, 4) is 0 Å². The van der Waals surface area contributed by atoms with Gasteiger partial charge in [0.15, 0.2) is 11.6 Å². The van der Waals surface area contributed by atoms with E-state index in [1.54, 1.807) is 6.07 Å². The molecule has 0 amide bonds. The van der Waals surface area contributed by atoms with Gasteiger partial charge in [0, 0.05) is 19.1 Å². The Morgan fingerprint density at radius 2 is 2.17 bits per heavy atom. The number of rotatable bonds is 5. The molecule has 18 heavy (non-hydrogen) atoms. The van der Waals surface area contributed by atoms with E-state index in [0.29, 0.717) is 12.6 Å². The fourth-order valence-electron chi connectivity index (χ4n) is 2.52. The van der Waals surface area contributed by atoms with Gasteiger partial charge in [0.05, 0.1) is 0 Å². The number of hydrogen-bond donors (Lipinski definition) is 1. The van der Waals surface area contributed by atoms with Crippen LogP contribution in [0.1, 0.15) is 25.3 Å². The summed E-state index contributed by atoms with van der Waals surface area (Å²) in [5.41, 5.74) is 0.845. The molecule has 1 heterocycles. The summed E-state index contributed by atoms with van der Waals surface area (Å²) < 4.78 is 26.0. The zero-order valence-corrected chi connectivity index (χ0v) is 10.8. The number of nitrogens with one attached hydrogen (secondary N) is 1. The topological polar surface area (TPSA) is 15.3 Å². The summed E-state index contributed by atoms with van der Waals surface area (Å²) in [5, 5.41) is 3.35. The number of nitrogens with zero attached hydrogens (tertiary/aromatic N) is 1. The van der Waals surface area contributed by atoms with Crippen molar-refractivity contribution in [1.29, 1.82) is 0 Å². The Morgan fingerprint density at radius 1 is 1.33 bits per heavy atom. The number of hydrogen-bond acceptors (Lipinski definition) is 2. The Hall–Kier alpha value is -1.00. The zero-order valence-electron chi connectivity index (χ0n) is 10.8. The van der Waals surface area contributed by atoms with E-state index in [1.165, 1.54) is 25.0 Å². The minimum absolute atomic E-state index is 0.512. The molecular weight excluding hydrogens is 234 g/mol. The molecule has 4 heteroatoms. The summed E-state index contributed by atoms with van der Waals surface area (Å²) in [6, 6.07) is 4.69. The second-order valence-electron chi connectivity index (χ2n) is 4.82. The molecule has 1 unspecified atom stereocenters. The molecule has 1 aliphatic rings. The summed E-state index contributed by atoms with van der Waals surface area (Å²) in [7, 11) is 0. The van der Waals surface area contributed by atoms with Crippen molar-refractivity contribution in [2.24, 2.45) is 0 Å². The van der Waals surface area contributed by atoms with E-state index in [1.807, 2.05) is 0 Å². The minimum Gasteiger partial charge on any atom is -0.315 e. The van der Waals surface area contributed by atoms with Crippen LogP contribution >= 0.6 is 0 Å². The van der Waals surface area contributed by atoms with Gasteiger partial charge in [-0.3, -0.25) is 4.90 Å². The van der Waals surface area contributed by atoms with Gasteiger partial charge in [0.25, 0.3) is 0 Å². The number of benzene rings is 1. The molecule has 1 aliphatic heterocycles. The average Bonchev–Trinajstić information content (AvgIpc) is 2.79. The normalized spacial score (nSPS) is 20.5. The van der Waals surface area contributed by atoms with Crippen molar-refractivity contribution in [1.82, 2.24) is 10.2 Å². The van der Waals surface area contributed by atoms with Crippen LogP contribution in [0.15, 0.2) is 18.2 Å². The quantitative estimate of drug-likeness (QED) is 0.868. The molecule has 1 aromatic carbocycles. The monoisotopic (exact) mass is 254 g/mol. The van der Waals surface area contributed by atoms with Crippen molar-refractivity contribution in [3.05, 3.63) is 35.4 Å². The molecule has 0 aliphatic carbocycles. The van der Waals surface area contributed by atoms with Gasteiger partial charge in [-0.1, -0.05) is 13.0 Å². The predicted molar refractivity (Wildman–Crippen MR) is 68.3 cm³/mol. The maximum atomic E-state index is 13.1. The molecule has 1 saturated heterocycles. The van der Waals surface area contributed by atoms with Crippen LogP contribution in [0.5, 0.6) is 0 Å². The van der Waals surface area contributed by atoms with Crippen LogP contribution in [0.4, 0.5) is 8.78 Å². The molecule has 100 valence electrons. The van der Waals surface area contributed by atoms with Crippen molar-refractivity contribution in [2.75, 3.05) is 19.6 Å². The second-order valence-corrected chi connectivity index (χ2v) is 4.82. The van der Waals surface area contributed by atoms with Crippen LogP contribution in [0.3, 0.4) is 0 Å². The molecule has 0 radical (unpaired) electrons. The van der Waals surface area contributed by atoms with Crippen molar-refractivity contribution in [2.45, 2.75) is 32.4 Å². The molecule has 0 saturated carbocycles. The lowest BCUT2D eigenvalue weighted by Gasteiger charge is -2.24. The highest BCUT2D eigenvalue weighted by Gasteiger charge is 2.23. The van der Waals surface area contributed by atoms with Crippen LogP contribution in [-0.2, 0) is 6.54 Å². The Kier molecular flexibility index (Phi) is 4.66. The largest absolute Gasteiger partial charge is 0.315 e. The van der Waals surface area contributed by atoms with E-state index in [0.717, 1.165) is 25.2 Å². The van der Waals surface area contributed by atoms with Crippen molar-refractivity contribution >= 4 is 0 Å². The molecule has 1 fully saturated rings. The summed E-state index contributed by atoms with van der Waals surface area (Å²) in [6.07, 6.45) is 2.36. The van der Waals surface area contributed by atoms with Gasteiger partial charge >= 0.3 is 0 Å². The maximum absolute atomic E-state index is 13.1. The summed E-state index contributed by atoms with van der Waals surface area (Å²) in [4.78, 5) is 2.34. The van der Waals surface area contributed by atoms with Crippen LogP contribution in [0.2, 0.25) is 0 Å². The van der Waals surface area contributed by atoms with Gasteiger partial charge < -0.3 is 5.32 Å². The third-order valence-corrected chi connectivity index (χ3v) is 3.50. The number of halogens is 2. The molecular formula is C14H20F2N2. The number of likely N-dealkylation sites (tertiary alicyclic amines) is 1. The SMILES string of the molecule is CCNCC1CCCN1Cc1ccc(F)c(F)c1. The summed E-state index contributed by atoms with van der Waals surface area (Å²) in [5.74, 6) is -1.53. The van der Waals surface area contributed by atoms with E-state index >= 15 is 0 Å². The fraction of sp³-hybridized carbons (Fsp3) is 0.571. The Bertz CT molecular complexity index is 395. The Labute approximate surface area is 107 Å². The maximum Gasteiger partial charge on any atom is 0.159 e. The van der Waals surface area contributed by atoms with Crippen LogP contribution < -0.4 is 5.32 Å². The van der Waals surface area contributed by atoms with Gasteiger partial charge in [-0.2, -0.15) is 0 Å². The average molecular weight is 254 g/mol. The summed E-state index contributed by atoms with van der Waals surface area (Å²) >= 11 is 0. The van der Waals surface area contributed by atoms with E-state index in [9.17, 15) is 8.78 Å². The molecule has 2 rings (SSSR count). The third kappa shape index (κ3) is 3.27. The van der Waals surface area contributed by atoms with E-state index in [4.69, 9.17) is 0 Å². The van der Waals surface area contributed by atoms with Crippen LogP contribution in [-0.4, -0.2) is 30.6 Å². The van der Waals surface area contributed by atoms with Crippen LogP contribution in [0, 0.1) is 11.6 Å². The van der Waals surface area contributed by atoms with Crippen molar-refractivity contribution < 1.29 is 8.78 Å². The lowest BCUT2D eigenvalue weighted by Crippen LogP contribution is -2.37. The first-order chi connectivity index (χ1) is 8.70. The highest BCUT2D eigenvalue weighted by Crippen LogP contribution is 2.20. The van der Waals surface area contributed by atoms with Gasteiger partial charge in [-0.05, 0) is 43.6 Å². The van der Waals surface area contributed by atoms with Crippen LogP contribution in [0.25, 0.3) is 0 Å². The fourth-order valence-corrected chi connectivity index (χ4v) is 2.52. The minimum atomic E-state index is -0.774. The Morgan fingerprint density at radius 3 is 2.89 bits per heavy atom. The van der Waals surface area contributed by atoms with Gasteiger partial charge in [0.2, 0.25) is 0 Å². The van der Waals surface area contributed by atoms with Gasteiger partial charge in [-0.15, -0.1) is 0 Å². The smallest absolute Gasteiger partial charge is 0.159 e. The van der Waals surface area contributed by atoms with E-state index in [2.05, 4.69) is 17.1 Å². The summed E-state index contributed by atoms with van der Waals surface area (Å²) in [6.45, 7) is 5.77. The molecule has 1 N–H and O–H groups in total. The van der Waals surface area contributed by atoms with Gasteiger partial charge in [-0.25, -0.2) is 8.78 Å². The molecule has 0 spiro atoms. The first-order valence-electron chi connectivity index (χ1n) is 6.59. The molecule has 2 nitrogen and oxygen atoms in total. The molecule has 0 bridgehead atoms. The third-order valence-electron chi connectivity index (χ3n) is 3.50. The lowest BCUT2D eigenvalue weighted by molar-refractivity contribution is 0.240. The molecule has 1 aromatic rings.